The van der Waals surface area contributed by atoms with E-state index in [0.717, 1.165) is 0 Å². The van der Waals surface area contributed by atoms with Gasteiger partial charge in [-0.15, -0.1) is 0 Å². The van der Waals surface area contributed by atoms with Crippen molar-refractivity contribution in [3.05, 3.63) is 23.4 Å². The monoisotopic (exact) mass is 272 g/mol. The molecule has 0 saturated heterocycles. The first kappa shape index (κ1) is 14.2. The lowest BCUT2D eigenvalue weighted by Gasteiger charge is -2.20. The number of esters is 2. The number of carbonyl (C=O) groups is 2. The maximum absolute atomic E-state index is 11.3. The summed E-state index contributed by atoms with van der Waals surface area (Å²) >= 11 is 5.72. The zero-order chi connectivity index (χ0) is 13.5. The number of halogens is 1. The lowest BCUT2D eigenvalue weighted by Crippen LogP contribution is -2.36. The molecular formula is C11H13ClN2O4. The number of carbonyl (C=O) groups excluding carboxylic acids is 2. The molecule has 0 amide bonds. The second-order valence-corrected chi connectivity index (χ2v) is 3.78. The number of rotatable bonds is 5. The van der Waals surface area contributed by atoms with Crippen LogP contribution < -0.4 is 4.90 Å². The fourth-order valence-electron chi connectivity index (χ4n) is 1.21. The van der Waals surface area contributed by atoms with Crippen molar-refractivity contribution in [2.45, 2.75) is 0 Å². The van der Waals surface area contributed by atoms with Crippen LogP contribution in [0.3, 0.4) is 0 Å². The fraction of sp³-hybridized carbons (Fsp3) is 0.364. The van der Waals surface area contributed by atoms with E-state index in [2.05, 4.69) is 14.5 Å². The number of pyridine rings is 1. The van der Waals surface area contributed by atoms with Crippen LogP contribution >= 0.6 is 11.6 Å². The standard InChI is InChI=1S/C11H13ClN2O4/c1-17-10(15)6-14(7-11(16)18-2)9-4-3-8(12)5-13-9/h3-5H,6-7H2,1-2H3. The van der Waals surface area contributed by atoms with E-state index in [1.54, 1.807) is 12.1 Å². The third kappa shape index (κ3) is 4.21. The second kappa shape index (κ2) is 6.80. The van der Waals surface area contributed by atoms with Gasteiger partial charge in [0.05, 0.1) is 19.2 Å². The largest absolute Gasteiger partial charge is 0.468 e. The first-order chi connectivity index (χ1) is 8.56. The van der Waals surface area contributed by atoms with E-state index in [9.17, 15) is 9.59 Å². The molecule has 7 heteroatoms. The van der Waals surface area contributed by atoms with Crippen molar-refractivity contribution in [1.82, 2.24) is 4.98 Å². The van der Waals surface area contributed by atoms with Gasteiger partial charge in [-0.3, -0.25) is 9.59 Å². The van der Waals surface area contributed by atoms with Gasteiger partial charge in [0.1, 0.15) is 18.9 Å². The van der Waals surface area contributed by atoms with Gasteiger partial charge in [0, 0.05) is 6.20 Å². The molecule has 18 heavy (non-hydrogen) atoms. The zero-order valence-electron chi connectivity index (χ0n) is 10.1. The summed E-state index contributed by atoms with van der Waals surface area (Å²) in [5, 5.41) is 0.467. The maximum Gasteiger partial charge on any atom is 0.325 e. The Hall–Kier alpha value is -1.82. The zero-order valence-corrected chi connectivity index (χ0v) is 10.8. The molecule has 0 atom stereocenters. The molecule has 6 nitrogen and oxygen atoms in total. The highest BCUT2D eigenvalue weighted by Crippen LogP contribution is 2.14. The van der Waals surface area contributed by atoms with Crippen molar-refractivity contribution in [3.8, 4) is 0 Å². The van der Waals surface area contributed by atoms with E-state index in [4.69, 9.17) is 11.6 Å². The van der Waals surface area contributed by atoms with Crippen molar-refractivity contribution >= 4 is 29.4 Å². The molecule has 0 fully saturated rings. The first-order valence-electron chi connectivity index (χ1n) is 5.07. The Morgan fingerprint density at radius 2 is 1.78 bits per heavy atom. The van der Waals surface area contributed by atoms with E-state index in [0.29, 0.717) is 10.8 Å². The van der Waals surface area contributed by atoms with E-state index in [-0.39, 0.29) is 13.1 Å². The number of anilines is 1. The molecule has 0 aliphatic heterocycles. The third-order valence-corrected chi connectivity index (χ3v) is 2.35. The summed E-state index contributed by atoms with van der Waals surface area (Å²) in [5.41, 5.74) is 0. The summed E-state index contributed by atoms with van der Waals surface area (Å²) in [4.78, 5) is 28.0. The highest BCUT2D eigenvalue weighted by atomic mass is 35.5. The topological polar surface area (TPSA) is 68.7 Å². The number of hydrogen-bond donors (Lipinski definition) is 0. The molecule has 0 radical (unpaired) electrons. The third-order valence-electron chi connectivity index (χ3n) is 2.13. The Balaban J connectivity index is 2.85. The van der Waals surface area contributed by atoms with Gasteiger partial charge in [-0.25, -0.2) is 4.98 Å². The molecule has 0 aliphatic rings. The van der Waals surface area contributed by atoms with Crippen molar-refractivity contribution in [3.63, 3.8) is 0 Å². The molecular weight excluding hydrogens is 260 g/mol. The normalized spacial score (nSPS) is 9.72. The predicted octanol–water partition coefficient (Wildman–Crippen LogP) is 0.887. The predicted molar refractivity (Wildman–Crippen MR) is 65.5 cm³/mol. The van der Waals surface area contributed by atoms with Gasteiger partial charge in [0.15, 0.2) is 0 Å². The molecule has 1 rings (SSSR count). The summed E-state index contributed by atoms with van der Waals surface area (Å²) in [6, 6.07) is 3.22. The number of methoxy groups -OCH3 is 2. The lowest BCUT2D eigenvalue weighted by molar-refractivity contribution is -0.140. The summed E-state index contributed by atoms with van der Waals surface area (Å²) in [7, 11) is 2.54. The highest BCUT2D eigenvalue weighted by molar-refractivity contribution is 6.30. The summed E-state index contributed by atoms with van der Waals surface area (Å²) < 4.78 is 9.11. The van der Waals surface area contributed by atoms with Crippen molar-refractivity contribution < 1.29 is 19.1 Å². The Bertz CT molecular complexity index is 404. The van der Waals surface area contributed by atoms with Gasteiger partial charge >= 0.3 is 11.9 Å². The molecule has 0 N–H and O–H groups in total. The fourth-order valence-corrected chi connectivity index (χ4v) is 1.33. The van der Waals surface area contributed by atoms with Crippen molar-refractivity contribution in [2.75, 3.05) is 32.2 Å². The average Bonchev–Trinajstić information content (AvgIpc) is 2.38. The summed E-state index contributed by atoms with van der Waals surface area (Å²) in [6.45, 7) is -0.194. The molecule has 98 valence electrons. The van der Waals surface area contributed by atoms with Gasteiger partial charge < -0.3 is 14.4 Å². The molecule has 0 saturated carbocycles. The number of ether oxygens (including phenoxy) is 2. The van der Waals surface area contributed by atoms with Gasteiger partial charge in [-0.2, -0.15) is 0 Å². The quantitative estimate of drug-likeness (QED) is 0.742. The van der Waals surface area contributed by atoms with Crippen LogP contribution in [-0.4, -0.2) is 44.2 Å². The van der Waals surface area contributed by atoms with E-state index in [1.165, 1.54) is 25.3 Å². The molecule has 0 bridgehead atoms. The van der Waals surface area contributed by atoms with Crippen LogP contribution in [0.5, 0.6) is 0 Å². The van der Waals surface area contributed by atoms with E-state index in [1.807, 2.05) is 0 Å². The Morgan fingerprint density at radius 3 is 2.17 bits per heavy atom. The Morgan fingerprint density at radius 1 is 1.22 bits per heavy atom. The molecule has 0 unspecified atom stereocenters. The van der Waals surface area contributed by atoms with Gasteiger partial charge in [-0.05, 0) is 12.1 Å². The van der Waals surface area contributed by atoms with Crippen LogP contribution in [0.1, 0.15) is 0 Å². The Labute approximate surface area is 109 Å². The first-order valence-corrected chi connectivity index (χ1v) is 5.44. The SMILES string of the molecule is COC(=O)CN(CC(=O)OC)c1ccc(Cl)cn1. The van der Waals surface area contributed by atoms with E-state index < -0.39 is 11.9 Å². The van der Waals surface area contributed by atoms with Crippen molar-refractivity contribution in [2.24, 2.45) is 0 Å². The average molecular weight is 273 g/mol. The van der Waals surface area contributed by atoms with Crippen LogP contribution in [0.15, 0.2) is 18.3 Å². The minimum absolute atomic E-state index is 0.0970. The van der Waals surface area contributed by atoms with Gasteiger partial charge in [0.25, 0.3) is 0 Å². The molecule has 1 aromatic rings. The molecule has 1 aromatic heterocycles. The van der Waals surface area contributed by atoms with Crippen LogP contribution in [0, 0.1) is 0 Å². The van der Waals surface area contributed by atoms with Crippen LogP contribution in [0.4, 0.5) is 5.82 Å². The number of aromatic nitrogens is 1. The minimum atomic E-state index is -0.476. The molecule has 0 spiro atoms. The highest BCUT2D eigenvalue weighted by Gasteiger charge is 2.16. The molecule has 1 heterocycles. The summed E-state index contributed by atoms with van der Waals surface area (Å²) in [6.07, 6.45) is 1.43. The molecule has 0 aliphatic carbocycles. The van der Waals surface area contributed by atoms with Crippen LogP contribution in [0.2, 0.25) is 5.02 Å². The summed E-state index contributed by atoms with van der Waals surface area (Å²) in [5.74, 6) is -0.512. The molecule has 0 aromatic carbocycles. The smallest absolute Gasteiger partial charge is 0.325 e. The minimum Gasteiger partial charge on any atom is -0.468 e. The Kier molecular flexibility index (Phi) is 5.38. The number of nitrogens with zero attached hydrogens (tertiary/aromatic N) is 2. The van der Waals surface area contributed by atoms with Crippen molar-refractivity contribution in [1.29, 1.82) is 0 Å². The maximum atomic E-state index is 11.3. The van der Waals surface area contributed by atoms with E-state index >= 15 is 0 Å². The van der Waals surface area contributed by atoms with Crippen LogP contribution in [0.25, 0.3) is 0 Å². The van der Waals surface area contributed by atoms with Crippen LogP contribution in [-0.2, 0) is 19.1 Å². The lowest BCUT2D eigenvalue weighted by atomic mass is 10.4. The second-order valence-electron chi connectivity index (χ2n) is 3.34. The van der Waals surface area contributed by atoms with Gasteiger partial charge in [0.2, 0.25) is 0 Å². The van der Waals surface area contributed by atoms with Gasteiger partial charge in [-0.1, -0.05) is 11.6 Å². The number of hydrogen-bond acceptors (Lipinski definition) is 6.